The first kappa shape index (κ1) is 19.7. The fourth-order valence-electron chi connectivity index (χ4n) is 3.24. The van der Waals surface area contributed by atoms with Crippen LogP contribution in [0.15, 0.2) is 29.2 Å². The molecule has 3 amide bonds. The lowest BCUT2D eigenvalue weighted by Gasteiger charge is -2.35. The van der Waals surface area contributed by atoms with Gasteiger partial charge in [0.15, 0.2) is 0 Å². The number of carbonyl (C=O) groups is 3. The van der Waals surface area contributed by atoms with Crippen LogP contribution < -0.4 is 10.6 Å². The molecule has 2 N–H and O–H groups in total. The Morgan fingerprint density at radius 3 is 2.63 bits per heavy atom. The van der Waals surface area contributed by atoms with Gasteiger partial charge in [0.05, 0.1) is 17.5 Å². The largest absolute Gasteiger partial charge is 0.353 e. The molecule has 146 valence electrons. The minimum absolute atomic E-state index is 0.00619. The normalized spacial score (nSPS) is 20.2. The summed E-state index contributed by atoms with van der Waals surface area (Å²) in [7, 11) is 0. The summed E-state index contributed by atoms with van der Waals surface area (Å²) in [5, 5.41) is 5.36. The Labute approximate surface area is 163 Å². The van der Waals surface area contributed by atoms with E-state index in [4.69, 9.17) is 0 Å². The molecule has 1 unspecified atom stereocenters. The lowest BCUT2D eigenvalue weighted by molar-refractivity contribution is -0.134. The van der Waals surface area contributed by atoms with Crippen molar-refractivity contribution in [3.8, 4) is 0 Å². The highest BCUT2D eigenvalue weighted by molar-refractivity contribution is 8.01. The molecule has 1 aromatic carbocycles. The summed E-state index contributed by atoms with van der Waals surface area (Å²) in [5.41, 5.74) is 0.810. The van der Waals surface area contributed by atoms with E-state index in [1.807, 2.05) is 38.1 Å². The van der Waals surface area contributed by atoms with Gasteiger partial charge in [0, 0.05) is 43.5 Å². The molecule has 0 aromatic heterocycles. The second-order valence-corrected chi connectivity index (χ2v) is 8.42. The molecule has 1 aromatic rings. The van der Waals surface area contributed by atoms with E-state index in [1.165, 1.54) is 11.8 Å². The maximum atomic E-state index is 12.6. The van der Waals surface area contributed by atoms with Crippen molar-refractivity contribution in [3.63, 3.8) is 0 Å². The number of thioether (sulfide) groups is 1. The zero-order valence-corrected chi connectivity index (χ0v) is 16.6. The van der Waals surface area contributed by atoms with Crippen LogP contribution in [-0.4, -0.2) is 71.5 Å². The fourth-order valence-corrected chi connectivity index (χ4v) is 4.34. The van der Waals surface area contributed by atoms with Gasteiger partial charge in [-0.3, -0.25) is 19.3 Å². The quantitative estimate of drug-likeness (QED) is 0.789. The van der Waals surface area contributed by atoms with Gasteiger partial charge in [-0.1, -0.05) is 12.1 Å². The number of rotatable bonds is 5. The number of anilines is 1. The maximum absolute atomic E-state index is 12.6. The van der Waals surface area contributed by atoms with Crippen molar-refractivity contribution in [1.29, 1.82) is 0 Å². The Kier molecular flexibility index (Phi) is 6.38. The lowest BCUT2D eigenvalue weighted by atomic mass is 10.2. The average Bonchev–Trinajstić information content (AvgIpc) is 2.62. The van der Waals surface area contributed by atoms with Crippen LogP contribution in [0.1, 0.15) is 20.3 Å². The van der Waals surface area contributed by atoms with Gasteiger partial charge in [0.1, 0.15) is 0 Å². The van der Waals surface area contributed by atoms with Crippen LogP contribution in [0.5, 0.6) is 0 Å². The molecule has 7 nitrogen and oxygen atoms in total. The van der Waals surface area contributed by atoms with E-state index in [2.05, 4.69) is 15.5 Å². The number of para-hydroxylation sites is 1. The summed E-state index contributed by atoms with van der Waals surface area (Å²) < 4.78 is 0. The van der Waals surface area contributed by atoms with Crippen molar-refractivity contribution < 1.29 is 14.4 Å². The second-order valence-electron chi connectivity index (χ2n) is 7.18. The second kappa shape index (κ2) is 8.75. The Balaban J connectivity index is 1.47. The van der Waals surface area contributed by atoms with Crippen LogP contribution in [-0.2, 0) is 14.4 Å². The third kappa shape index (κ3) is 5.23. The van der Waals surface area contributed by atoms with Crippen LogP contribution in [0, 0.1) is 0 Å². The van der Waals surface area contributed by atoms with Gasteiger partial charge >= 0.3 is 0 Å². The van der Waals surface area contributed by atoms with E-state index < -0.39 is 5.25 Å². The van der Waals surface area contributed by atoms with Gasteiger partial charge in [-0.2, -0.15) is 0 Å². The van der Waals surface area contributed by atoms with Crippen molar-refractivity contribution in [2.45, 2.75) is 36.5 Å². The van der Waals surface area contributed by atoms with E-state index in [0.29, 0.717) is 32.7 Å². The first-order valence-electron chi connectivity index (χ1n) is 9.28. The molecular formula is C19H26N4O3S. The van der Waals surface area contributed by atoms with Crippen LogP contribution in [0.2, 0.25) is 0 Å². The zero-order chi connectivity index (χ0) is 19.4. The van der Waals surface area contributed by atoms with Gasteiger partial charge in [0.25, 0.3) is 0 Å². The zero-order valence-electron chi connectivity index (χ0n) is 15.7. The van der Waals surface area contributed by atoms with Crippen molar-refractivity contribution in [1.82, 2.24) is 15.1 Å². The molecule has 0 radical (unpaired) electrons. The van der Waals surface area contributed by atoms with Crippen LogP contribution in [0.3, 0.4) is 0 Å². The van der Waals surface area contributed by atoms with Crippen molar-refractivity contribution in [2.75, 3.05) is 38.0 Å². The third-order valence-electron chi connectivity index (χ3n) is 4.61. The number of hydrogen-bond donors (Lipinski definition) is 2. The monoisotopic (exact) mass is 390 g/mol. The molecule has 27 heavy (non-hydrogen) atoms. The van der Waals surface area contributed by atoms with E-state index in [9.17, 15) is 14.4 Å². The SMILES string of the molecule is CC(C)NC(=O)CN1CCN(C(=O)CC2Sc3ccccc3NC2=O)CC1. The summed E-state index contributed by atoms with van der Waals surface area (Å²) in [5.74, 6) is -0.108. The Bertz CT molecular complexity index is 717. The van der Waals surface area contributed by atoms with Crippen LogP contribution >= 0.6 is 11.8 Å². The Morgan fingerprint density at radius 1 is 1.22 bits per heavy atom. The van der Waals surface area contributed by atoms with Crippen LogP contribution in [0.4, 0.5) is 5.69 Å². The van der Waals surface area contributed by atoms with Gasteiger partial charge < -0.3 is 15.5 Å². The van der Waals surface area contributed by atoms with Gasteiger partial charge in [-0.25, -0.2) is 0 Å². The predicted octanol–water partition coefficient (Wildman–Crippen LogP) is 1.16. The summed E-state index contributed by atoms with van der Waals surface area (Å²) >= 11 is 1.45. The molecule has 0 aliphatic carbocycles. The fraction of sp³-hybridized carbons (Fsp3) is 0.526. The molecule has 3 rings (SSSR count). The Morgan fingerprint density at radius 2 is 1.93 bits per heavy atom. The summed E-state index contributed by atoms with van der Waals surface area (Å²) in [6.45, 7) is 6.75. The number of amides is 3. The molecule has 0 spiro atoms. The number of benzene rings is 1. The van der Waals surface area contributed by atoms with E-state index in [0.717, 1.165) is 10.6 Å². The summed E-state index contributed by atoms with van der Waals surface area (Å²) in [6, 6.07) is 7.76. The molecule has 8 heteroatoms. The lowest BCUT2D eigenvalue weighted by Crippen LogP contribution is -2.52. The number of nitrogens with zero attached hydrogens (tertiary/aromatic N) is 2. The highest BCUT2D eigenvalue weighted by Gasteiger charge is 2.31. The molecule has 2 heterocycles. The molecular weight excluding hydrogens is 364 g/mol. The molecule has 2 aliphatic heterocycles. The number of carbonyl (C=O) groups excluding carboxylic acids is 3. The molecule has 0 saturated carbocycles. The summed E-state index contributed by atoms with van der Waals surface area (Å²) in [4.78, 5) is 41.6. The van der Waals surface area contributed by atoms with Crippen molar-refractivity contribution in [3.05, 3.63) is 24.3 Å². The maximum Gasteiger partial charge on any atom is 0.238 e. The van der Waals surface area contributed by atoms with Gasteiger partial charge in [-0.05, 0) is 26.0 Å². The number of nitrogens with one attached hydrogen (secondary N) is 2. The van der Waals surface area contributed by atoms with E-state index >= 15 is 0 Å². The third-order valence-corrected chi connectivity index (χ3v) is 5.88. The average molecular weight is 391 g/mol. The molecule has 1 saturated heterocycles. The molecule has 0 bridgehead atoms. The topological polar surface area (TPSA) is 81.8 Å². The first-order chi connectivity index (χ1) is 12.9. The molecule has 1 atom stereocenters. The highest BCUT2D eigenvalue weighted by atomic mass is 32.2. The predicted molar refractivity (Wildman–Crippen MR) is 106 cm³/mol. The number of piperazine rings is 1. The van der Waals surface area contributed by atoms with Crippen LogP contribution in [0.25, 0.3) is 0 Å². The minimum Gasteiger partial charge on any atom is -0.353 e. The minimum atomic E-state index is -0.401. The smallest absolute Gasteiger partial charge is 0.238 e. The Hall–Kier alpha value is -2.06. The van der Waals surface area contributed by atoms with Gasteiger partial charge in [-0.15, -0.1) is 11.8 Å². The highest BCUT2D eigenvalue weighted by Crippen LogP contribution is 2.36. The molecule has 2 aliphatic rings. The van der Waals surface area contributed by atoms with Gasteiger partial charge in [0.2, 0.25) is 17.7 Å². The van der Waals surface area contributed by atoms with E-state index in [1.54, 1.807) is 4.90 Å². The number of hydrogen-bond acceptors (Lipinski definition) is 5. The number of fused-ring (bicyclic) bond motifs is 1. The first-order valence-corrected chi connectivity index (χ1v) is 10.2. The van der Waals surface area contributed by atoms with Crippen molar-refractivity contribution >= 4 is 35.2 Å². The van der Waals surface area contributed by atoms with Crippen molar-refractivity contribution in [2.24, 2.45) is 0 Å². The summed E-state index contributed by atoms with van der Waals surface area (Å²) in [6.07, 6.45) is 0.193. The molecule has 1 fully saturated rings. The standard InChI is InChI=1S/C19H26N4O3S/c1-13(2)20-17(24)12-22-7-9-23(10-8-22)18(25)11-16-19(26)21-14-5-3-4-6-15(14)27-16/h3-6,13,16H,7-12H2,1-2H3,(H,20,24)(H,21,26). The van der Waals surface area contributed by atoms with E-state index in [-0.39, 0.29) is 30.2 Å².